The van der Waals surface area contributed by atoms with Crippen molar-refractivity contribution < 1.29 is 23.7 Å². The molecule has 0 aromatic heterocycles. The number of nitrogens with zero attached hydrogens (tertiary/aromatic N) is 2. The van der Waals surface area contributed by atoms with Gasteiger partial charge in [-0.2, -0.15) is 11.8 Å². The predicted octanol–water partition coefficient (Wildman–Crippen LogP) is 1.85. The number of anilines is 2. The topological polar surface area (TPSA) is 68.2 Å². The molecule has 1 aromatic rings. The van der Waals surface area contributed by atoms with E-state index in [1.54, 1.807) is 11.8 Å². The summed E-state index contributed by atoms with van der Waals surface area (Å²) in [5, 5.41) is 22.7. The van der Waals surface area contributed by atoms with Crippen molar-refractivity contribution in [2.75, 3.05) is 40.9 Å². The highest BCUT2D eigenvalue weighted by molar-refractivity contribution is 7.99. The second kappa shape index (κ2) is 7.95. The lowest BCUT2D eigenvalue weighted by molar-refractivity contribution is -0.102. The van der Waals surface area contributed by atoms with Crippen molar-refractivity contribution in [3.8, 4) is 0 Å². The van der Waals surface area contributed by atoms with Crippen LogP contribution in [0.5, 0.6) is 0 Å². The maximum Gasteiger partial charge on any atom is 0.238 e. The monoisotopic (exact) mass is 415 g/mol. The van der Waals surface area contributed by atoms with Crippen molar-refractivity contribution in [1.29, 1.82) is 0 Å². The van der Waals surface area contributed by atoms with Gasteiger partial charge in [0.25, 0.3) is 0 Å². The fraction of sp³-hybridized carbons (Fsp3) is 0.684. The van der Waals surface area contributed by atoms with E-state index in [4.69, 9.17) is 4.74 Å². The van der Waals surface area contributed by atoms with Gasteiger partial charge in [0.05, 0.1) is 6.54 Å². The second-order valence-electron chi connectivity index (χ2n) is 7.80. The van der Waals surface area contributed by atoms with Gasteiger partial charge in [-0.05, 0) is 49.8 Å². The number of rotatable bonds is 4. The van der Waals surface area contributed by atoms with Crippen molar-refractivity contribution >= 4 is 23.1 Å². The summed E-state index contributed by atoms with van der Waals surface area (Å²) in [5.74, 6) is 0.759. The van der Waals surface area contributed by atoms with Gasteiger partial charge in [-0.1, -0.05) is 0 Å². The predicted molar refractivity (Wildman–Crippen MR) is 106 cm³/mol. The number of ether oxygens (including phenoxy) is 1. The van der Waals surface area contributed by atoms with Gasteiger partial charge in [-0.3, -0.25) is 5.32 Å². The summed E-state index contributed by atoms with van der Waals surface area (Å²) in [4.78, 5) is 3.25. The molecule has 1 saturated carbocycles. The van der Waals surface area contributed by atoms with Crippen LogP contribution in [0.4, 0.5) is 20.2 Å². The third-order valence-electron chi connectivity index (χ3n) is 5.59. The summed E-state index contributed by atoms with van der Waals surface area (Å²) in [7, 11) is 0. The molecule has 9 heteroatoms. The van der Waals surface area contributed by atoms with Crippen LogP contribution >= 0.6 is 11.8 Å². The Kier molecular flexibility index (Phi) is 5.72. The molecule has 2 unspecified atom stereocenters. The second-order valence-corrected chi connectivity index (χ2v) is 9.03. The molecule has 0 bridgehead atoms. The van der Waals surface area contributed by atoms with Crippen LogP contribution in [0.15, 0.2) is 12.1 Å². The first-order chi connectivity index (χ1) is 13.4. The lowest BCUT2D eigenvalue weighted by atomic mass is 10.2. The molecule has 3 fully saturated rings. The zero-order chi connectivity index (χ0) is 19.9. The van der Waals surface area contributed by atoms with E-state index in [0.717, 1.165) is 24.3 Å². The number of thioether (sulfide) groups is 1. The van der Waals surface area contributed by atoms with E-state index >= 15 is 0 Å². The zero-order valence-corrected chi connectivity index (χ0v) is 16.7. The van der Waals surface area contributed by atoms with Gasteiger partial charge in [-0.15, -0.1) is 0 Å². The third-order valence-corrected chi connectivity index (χ3v) is 6.75. The van der Waals surface area contributed by atoms with Crippen LogP contribution in [0.2, 0.25) is 0 Å². The van der Waals surface area contributed by atoms with Gasteiger partial charge in [0.15, 0.2) is 11.6 Å². The molecule has 0 radical (unpaired) electrons. The van der Waals surface area contributed by atoms with Gasteiger partial charge in [-0.25, -0.2) is 8.78 Å². The van der Waals surface area contributed by atoms with Gasteiger partial charge in [0, 0.05) is 24.8 Å². The number of halogens is 2. The summed E-state index contributed by atoms with van der Waals surface area (Å²) in [6, 6.07) is 2.45. The fourth-order valence-electron chi connectivity index (χ4n) is 4.16. The van der Waals surface area contributed by atoms with Gasteiger partial charge >= 0.3 is 0 Å². The van der Waals surface area contributed by atoms with Crippen LogP contribution < -0.4 is 15.1 Å². The minimum absolute atomic E-state index is 0.0139. The first-order valence-electron chi connectivity index (χ1n) is 9.78. The maximum atomic E-state index is 14.9. The van der Waals surface area contributed by atoms with Crippen molar-refractivity contribution in [1.82, 2.24) is 5.32 Å². The Morgan fingerprint density at radius 2 is 1.89 bits per heavy atom. The molecule has 0 amide bonds. The number of hydrogen-bond donors (Lipinski definition) is 3. The molecule has 156 valence electrons. The molecule has 1 aliphatic carbocycles. The molecule has 2 heterocycles. The number of aliphatic hydroxyl groups excluding tert-OH is 2. The Labute approximate surface area is 167 Å². The van der Waals surface area contributed by atoms with Crippen molar-refractivity contribution in [3.05, 3.63) is 23.8 Å². The van der Waals surface area contributed by atoms with E-state index in [2.05, 4.69) is 5.32 Å². The molecule has 1 spiro atoms. The van der Waals surface area contributed by atoms with Gasteiger partial charge in [0.1, 0.15) is 17.5 Å². The third kappa shape index (κ3) is 3.95. The van der Waals surface area contributed by atoms with E-state index in [0.29, 0.717) is 26.1 Å². The van der Waals surface area contributed by atoms with E-state index in [-0.39, 0.29) is 17.4 Å². The molecule has 2 saturated heterocycles. The molecule has 4 rings (SSSR count). The Hall–Kier alpha value is -1.13. The van der Waals surface area contributed by atoms with E-state index in [9.17, 15) is 19.0 Å². The molecule has 28 heavy (non-hydrogen) atoms. The van der Waals surface area contributed by atoms with Crippen LogP contribution in [0.25, 0.3) is 0 Å². The molecule has 1 aromatic carbocycles. The summed E-state index contributed by atoms with van der Waals surface area (Å²) in [6.45, 7) is 3.18. The normalized spacial score (nSPS) is 31.8. The molecule has 6 nitrogen and oxygen atoms in total. The Morgan fingerprint density at radius 1 is 1.25 bits per heavy atom. The lowest BCUT2D eigenvalue weighted by Crippen LogP contribution is -2.35. The maximum absolute atomic E-state index is 14.9. The molecule has 2 aliphatic heterocycles. The summed E-state index contributed by atoms with van der Waals surface area (Å²) in [5.41, 5.74) is -0.364. The minimum Gasteiger partial charge on any atom is -0.379 e. The van der Waals surface area contributed by atoms with E-state index in [1.807, 2.05) is 11.8 Å². The SMILES string of the molecule is CC(O)N[C@H]1C[C@]12CN(c1cc(F)c(N3CCCSCCC3)c(F)c1)C(O)O2. The van der Waals surface area contributed by atoms with Crippen LogP contribution in [0, 0.1) is 11.6 Å². The summed E-state index contributed by atoms with van der Waals surface area (Å²) < 4.78 is 35.4. The Morgan fingerprint density at radius 3 is 2.50 bits per heavy atom. The number of hydrogen-bond acceptors (Lipinski definition) is 7. The summed E-state index contributed by atoms with van der Waals surface area (Å²) >= 11 is 1.88. The standard InChI is InChI=1S/C19H27F2N3O3S/c1-12(25)22-16-10-19(16)11-24(18(26)27-19)13-8-14(20)17(15(21)9-13)23-4-2-6-28-7-3-5-23/h8-9,12,16,18,22,25-26H,2-7,10-11H2,1H3/t12?,16-,18?,19-/m0/s1. The molecular formula is C19H27F2N3O3S. The lowest BCUT2D eigenvalue weighted by Gasteiger charge is -2.28. The van der Waals surface area contributed by atoms with Crippen LogP contribution in [0.3, 0.4) is 0 Å². The average molecular weight is 416 g/mol. The Bertz CT molecular complexity index is 695. The van der Waals surface area contributed by atoms with Gasteiger partial charge < -0.3 is 24.7 Å². The Balaban J connectivity index is 1.52. The highest BCUT2D eigenvalue weighted by atomic mass is 32.2. The van der Waals surface area contributed by atoms with E-state index < -0.39 is 29.9 Å². The summed E-state index contributed by atoms with van der Waals surface area (Å²) in [6.07, 6.45) is 0.447. The van der Waals surface area contributed by atoms with Crippen LogP contribution in [-0.2, 0) is 4.74 Å². The first kappa shape index (κ1) is 20.2. The first-order valence-corrected chi connectivity index (χ1v) is 10.9. The fourth-order valence-corrected chi connectivity index (χ4v) is 5.03. The average Bonchev–Trinajstić information content (AvgIpc) is 3.10. The highest BCUT2D eigenvalue weighted by Crippen LogP contribution is 2.47. The molecule has 3 N–H and O–H groups in total. The van der Waals surface area contributed by atoms with Crippen LogP contribution in [-0.4, -0.2) is 65.6 Å². The van der Waals surface area contributed by atoms with Crippen molar-refractivity contribution in [3.63, 3.8) is 0 Å². The molecule has 3 aliphatic rings. The minimum atomic E-state index is -1.27. The number of nitrogens with one attached hydrogen (secondary N) is 1. The smallest absolute Gasteiger partial charge is 0.238 e. The van der Waals surface area contributed by atoms with Gasteiger partial charge in [0.2, 0.25) is 6.41 Å². The zero-order valence-electron chi connectivity index (χ0n) is 15.9. The van der Waals surface area contributed by atoms with E-state index in [1.165, 1.54) is 17.0 Å². The quantitative estimate of drug-likeness (QED) is 0.649. The number of aliphatic hydroxyl groups is 2. The molecule has 4 atom stereocenters. The van der Waals surface area contributed by atoms with Crippen LogP contribution in [0.1, 0.15) is 26.2 Å². The van der Waals surface area contributed by atoms with Crippen molar-refractivity contribution in [2.24, 2.45) is 0 Å². The molecular weight excluding hydrogens is 388 g/mol. The van der Waals surface area contributed by atoms with Crippen molar-refractivity contribution in [2.45, 2.75) is 50.5 Å². The largest absolute Gasteiger partial charge is 0.379 e. The highest BCUT2D eigenvalue weighted by Gasteiger charge is 2.62. The number of benzene rings is 1.